The van der Waals surface area contributed by atoms with Gasteiger partial charge < -0.3 is 25.7 Å². The summed E-state index contributed by atoms with van der Waals surface area (Å²) in [5.74, 6) is -0.251. The van der Waals surface area contributed by atoms with E-state index in [1.807, 2.05) is 36.5 Å². The Morgan fingerprint density at radius 3 is 1.80 bits per heavy atom. The Morgan fingerprint density at radius 2 is 1.20 bits per heavy atom. The van der Waals surface area contributed by atoms with Gasteiger partial charge in [0.15, 0.2) is 0 Å². The molecule has 0 heterocycles. The molecule has 5 N–H and O–H groups in total. The SMILES string of the molecule is CC/C=C\C/C=C\CC(O)/C=C/C=C\C/C=C\C/C=C\CCC(=O)N[C@@H](CO)C(O)C(O)CCCCCCCCCCCCCC. The van der Waals surface area contributed by atoms with Gasteiger partial charge in [-0.25, -0.2) is 0 Å². The number of unbranched alkanes of at least 4 members (excludes halogenated alkanes) is 11. The maximum Gasteiger partial charge on any atom is 0.220 e. The second-order valence-corrected chi connectivity index (χ2v) is 12.2. The second-order valence-electron chi connectivity index (χ2n) is 12.2. The van der Waals surface area contributed by atoms with Gasteiger partial charge in [0.05, 0.1) is 24.9 Å². The summed E-state index contributed by atoms with van der Waals surface area (Å²) in [4.78, 5) is 12.3. The van der Waals surface area contributed by atoms with Crippen molar-refractivity contribution in [3.8, 4) is 0 Å². The number of allylic oxidation sites excluding steroid dienone is 10. The Labute approximate surface area is 282 Å². The summed E-state index contributed by atoms with van der Waals surface area (Å²) in [6.45, 7) is 3.94. The van der Waals surface area contributed by atoms with Crippen LogP contribution in [0.3, 0.4) is 0 Å². The van der Waals surface area contributed by atoms with Crippen LogP contribution in [0, 0.1) is 0 Å². The molecule has 0 spiro atoms. The third kappa shape index (κ3) is 29.2. The van der Waals surface area contributed by atoms with Crippen molar-refractivity contribution >= 4 is 5.91 Å². The van der Waals surface area contributed by atoms with Gasteiger partial charge in [0.2, 0.25) is 5.91 Å². The lowest BCUT2D eigenvalue weighted by molar-refractivity contribution is -0.124. The van der Waals surface area contributed by atoms with Crippen LogP contribution in [-0.4, -0.2) is 57.3 Å². The molecule has 0 bridgehead atoms. The van der Waals surface area contributed by atoms with E-state index in [4.69, 9.17) is 0 Å². The van der Waals surface area contributed by atoms with E-state index in [-0.39, 0.29) is 12.3 Å². The van der Waals surface area contributed by atoms with E-state index in [1.165, 1.54) is 57.8 Å². The number of carbonyl (C=O) groups excluding carboxylic acids is 1. The first-order valence-corrected chi connectivity index (χ1v) is 18.3. The van der Waals surface area contributed by atoms with Gasteiger partial charge in [-0.15, -0.1) is 0 Å². The first kappa shape index (κ1) is 43.8. The number of nitrogens with one attached hydrogen (secondary N) is 1. The number of hydrogen-bond acceptors (Lipinski definition) is 5. The van der Waals surface area contributed by atoms with Crippen LogP contribution in [0.4, 0.5) is 0 Å². The van der Waals surface area contributed by atoms with Crippen LogP contribution < -0.4 is 5.32 Å². The zero-order valence-corrected chi connectivity index (χ0v) is 29.3. The van der Waals surface area contributed by atoms with Crippen LogP contribution in [0.1, 0.15) is 142 Å². The number of aliphatic hydroxyl groups excluding tert-OH is 4. The van der Waals surface area contributed by atoms with Crippen molar-refractivity contribution in [3.63, 3.8) is 0 Å². The Morgan fingerprint density at radius 1 is 0.652 bits per heavy atom. The largest absolute Gasteiger partial charge is 0.394 e. The van der Waals surface area contributed by atoms with E-state index in [9.17, 15) is 25.2 Å². The van der Waals surface area contributed by atoms with Gasteiger partial charge in [0, 0.05) is 6.42 Å². The number of hydrogen-bond donors (Lipinski definition) is 5. The topological polar surface area (TPSA) is 110 Å². The van der Waals surface area contributed by atoms with Crippen molar-refractivity contribution in [2.45, 2.75) is 167 Å². The average Bonchev–Trinajstić information content (AvgIpc) is 3.05. The van der Waals surface area contributed by atoms with Gasteiger partial charge >= 0.3 is 0 Å². The third-order valence-electron chi connectivity index (χ3n) is 7.92. The van der Waals surface area contributed by atoms with Gasteiger partial charge in [-0.3, -0.25) is 4.79 Å². The summed E-state index contributed by atoms with van der Waals surface area (Å²) in [6, 6.07) is -0.868. The lowest BCUT2D eigenvalue weighted by Crippen LogP contribution is -2.50. The van der Waals surface area contributed by atoms with E-state index in [1.54, 1.807) is 6.08 Å². The van der Waals surface area contributed by atoms with E-state index in [0.717, 1.165) is 44.9 Å². The lowest BCUT2D eigenvalue weighted by atomic mass is 9.99. The predicted molar refractivity (Wildman–Crippen MR) is 196 cm³/mol. The summed E-state index contributed by atoms with van der Waals surface area (Å²) in [6.07, 6.45) is 41.7. The van der Waals surface area contributed by atoms with Crippen LogP contribution >= 0.6 is 0 Å². The summed E-state index contributed by atoms with van der Waals surface area (Å²) in [5.41, 5.74) is 0. The van der Waals surface area contributed by atoms with Gasteiger partial charge in [0.25, 0.3) is 0 Å². The number of carbonyl (C=O) groups is 1. The molecule has 0 aliphatic carbocycles. The first-order chi connectivity index (χ1) is 22.5. The number of aliphatic hydroxyl groups is 4. The molecule has 6 nitrogen and oxygen atoms in total. The van der Waals surface area contributed by atoms with E-state index in [0.29, 0.717) is 19.3 Å². The van der Waals surface area contributed by atoms with E-state index in [2.05, 4.69) is 49.5 Å². The van der Waals surface area contributed by atoms with Crippen molar-refractivity contribution in [3.05, 3.63) is 72.9 Å². The molecule has 264 valence electrons. The highest BCUT2D eigenvalue weighted by atomic mass is 16.3. The molecule has 0 saturated carbocycles. The molecular weight excluding hydrogens is 574 g/mol. The summed E-state index contributed by atoms with van der Waals surface area (Å²) in [5, 5.41) is 43.2. The summed E-state index contributed by atoms with van der Waals surface area (Å²) >= 11 is 0. The number of amides is 1. The Bertz CT molecular complexity index is 860. The molecule has 0 radical (unpaired) electrons. The van der Waals surface area contributed by atoms with Crippen LogP contribution in [-0.2, 0) is 4.79 Å². The van der Waals surface area contributed by atoms with Crippen molar-refractivity contribution in [1.29, 1.82) is 0 Å². The maximum absolute atomic E-state index is 12.3. The van der Waals surface area contributed by atoms with Crippen molar-refractivity contribution in [2.24, 2.45) is 0 Å². The fourth-order valence-electron chi connectivity index (χ4n) is 5.03. The molecule has 0 rings (SSSR count). The molecule has 0 aliphatic heterocycles. The highest BCUT2D eigenvalue weighted by Crippen LogP contribution is 2.15. The minimum absolute atomic E-state index is 0.251. The summed E-state index contributed by atoms with van der Waals surface area (Å²) < 4.78 is 0. The summed E-state index contributed by atoms with van der Waals surface area (Å²) in [7, 11) is 0. The highest BCUT2D eigenvalue weighted by molar-refractivity contribution is 5.76. The third-order valence-corrected chi connectivity index (χ3v) is 7.92. The Hall–Kier alpha value is -2.25. The molecule has 0 saturated heterocycles. The van der Waals surface area contributed by atoms with E-state index >= 15 is 0 Å². The molecule has 0 aromatic carbocycles. The zero-order chi connectivity index (χ0) is 33.9. The maximum atomic E-state index is 12.3. The van der Waals surface area contributed by atoms with Crippen LogP contribution in [0.25, 0.3) is 0 Å². The molecule has 0 aromatic rings. The molecule has 3 unspecified atom stereocenters. The van der Waals surface area contributed by atoms with Crippen LogP contribution in [0.2, 0.25) is 0 Å². The van der Waals surface area contributed by atoms with Crippen LogP contribution in [0.15, 0.2) is 72.9 Å². The lowest BCUT2D eigenvalue weighted by Gasteiger charge is -2.26. The van der Waals surface area contributed by atoms with Gasteiger partial charge in [-0.1, -0.05) is 164 Å². The van der Waals surface area contributed by atoms with Gasteiger partial charge in [0.1, 0.15) is 6.10 Å². The van der Waals surface area contributed by atoms with Crippen LogP contribution in [0.5, 0.6) is 0 Å². The Kier molecular flexibility index (Phi) is 32.4. The molecule has 6 heteroatoms. The minimum atomic E-state index is -1.18. The first-order valence-electron chi connectivity index (χ1n) is 18.3. The standard InChI is InChI=1S/C40H69NO5/c1-3-5-7-9-11-12-13-14-18-21-25-29-33-38(44)40(46)37(35-42)41-39(45)34-30-26-22-19-16-15-17-20-24-28-32-36(43)31-27-23-10-8-6-4-2/h6,8,15-16,20,22-24,26-28,32,36-38,40,42-44,46H,3-5,7,9-14,17-19,21,25,29-31,33-35H2,1-2H3,(H,41,45)/b8-6-,16-15-,24-20-,26-22-,27-23-,32-28+/t36?,37-,38?,40?/m0/s1. The molecule has 46 heavy (non-hydrogen) atoms. The van der Waals surface area contributed by atoms with Gasteiger partial charge in [-0.05, 0) is 44.9 Å². The molecule has 0 aliphatic rings. The molecule has 4 atom stereocenters. The van der Waals surface area contributed by atoms with Crippen molar-refractivity contribution in [1.82, 2.24) is 5.32 Å². The van der Waals surface area contributed by atoms with Gasteiger partial charge in [-0.2, -0.15) is 0 Å². The zero-order valence-electron chi connectivity index (χ0n) is 29.3. The molecular formula is C40H69NO5. The minimum Gasteiger partial charge on any atom is -0.394 e. The quantitative estimate of drug-likeness (QED) is 0.0295. The highest BCUT2D eigenvalue weighted by Gasteiger charge is 2.26. The predicted octanol–water partition coefficient (Wildman–Crippen LogP) is 8.73. The second kappa shape index (κ2) is 34.1. The molecule has 0 fully saturated rings. The smallest absolute Gasteiger partial charge is 0.220 e. The van der Waals surface area contributed by atoms with E-state index < -0.39 is 31.0 Å². The monoisotopic (exact) mass is 644 g/mol. The average molecular weight is 644 g/mol. The fraction of sp³-hybridized carbons (Fsp3) is 0.675. The fourth-order valence-corrected chi connectivity index (χ4v) is 5.03. The Balaban J connectivity index is 3.96. The van der Waals surface area contributed by atoms with Crippen molar-refractivity contribution in [2.75, 3.05) is 6.61 Å². The normalized spacial score (nSPS) is 15.3. The molecule has 0 aromatic heterocycles. The van der Waals surface area contributed by atoms with Crippen molar-refractivity contribution < 1.29 is 25.2 Å². The molecule has 1 amide bonds. The number of rotatable bonds is 31.